The van der Waals surface area contributed by atoms with Crippen molar-refractivity contribution in [2.75, 3.05) is 20.8 Å². The Morgan fingerprint density at radius 2 is 1.69 bits per heavy atom. The van der Waals surface area contributed by atoms with E-state index in [2.05, 4.69) is 0 Å². The summed E-state index contributed by atoms with van der Waals surface area (Å²) in [4.78, 5) is 10.2. The maximum absolute atomic E-state index is 13.0. The average Bonchev–Trinajstić information content (AvgIpc) is 2.66. The SMILES string of the molecule is COc1cc2c(cc1OC)CN(S(=O)(=O)c1ccccc1[N+](=O)[O-])CC2. The van der Waals surface area contributed by atoms with Crippen molar-refractivity contribution in [3.05, 3.63) is 57.6 Å². The van der Waals surface area contributed by atoms with Crippen molar-refractivity contribution in [1.29, 1.82) is 0 Å². The van der Waals surface area contributed by atoms with Crippen molar-refractivity contribution in [3.8, 4) is 11.5 Å². The van der Waals surface area contributed by atoms with E-state index in [0.717, 1.165) is 11.1 Å². The van der Waals surface area contributed by atoms with Gasteiger partial charge in [-0.3, -0.25) is 10.1 Å². The van der Waals surface area contributed by atoms with Crippen molar-refractivity contribution < 1.29 is 22.8 Å². The minimum atomic E-state index is -4.00. The molecule has 0 atom stereocenters. The van der Waals surface area contributed by atoms with E-state index in [4.69, 9.17) is 9.47 Å². The summed E-state index contributed by atoms with van der Waals surface area (Å²) in [6.45, 7) is 0.348. The standard InChI is InChI=1S/C17H18N2O6S/c1-24-15-9-12-7-8-18(11-13(12)10-16(15)25-2)26(22,23)17-6-4-3-5-14(17)19(20)21/h3-6,9-10H,7-8,11H2,1-2H3. The number of benzene rings is 2. The molecule has 0 radical (unpaired) electrons. The second-order valence-corrected chi connectivity index (χ2v) is 7.70. The van der Waals surface area contributed by atoms with Gasteiger partial charge < -0.3 is 9.47 Å². The molecular weight excluding hydrogens is 360 g/mol. The molecule has 0 unspecified atom stereocenters. The Morgan fingerprint density at radius 1 is 1.08 bits per heavy atom. The molecule has 1 aliphatic heterocycles. The first-order valence-corrected chi connectivity index (χ1v) is 9.30. The monoisotopic (exact) mass is 378 g/mol. The van der Waals surface area contributed by atoms with Crippen LogP contribution >= 0.6 is 0 Å². The molecule has 138 valence electrons. The number of hydrogen-bond donors (Lipinski definition) is 0. The lowest BCUT2D eigenvalue weighted by Gasteiger charge is -2.28. The second-order valence-electron chi connectivity index (χ2n) is 5.79. The molecule has 9 heteroatoms. The number of methoxy groups -OCH3 is 2. The van der Waals surface area contributed by atoms with Gasteiger partial charge in [-0.1, -0.05) is 12.1 Å². The minimum Gasteiger partial charge on any atom is -0.493 e. The van der Waals surface area contributed by atoms with Gasteiger partial charge in [0.05, 0.1) is 19.1 Å². The van der Waals surface area contributed by atoms with Crippen LogP contribution in [0, 0.1) is 10.1 Å². The highest BCUT2D eigenvalue weighted by molar-refractivity contribution is 7.89. The van der Waals surface area contributed by atoms with Crippen LogP contribution in [0.2, 0.25) is 0 Å². The third-order valence-electron chi connectivity index (χ3n) is 4.36. The van der Waals surface area contributed by atoms with E-state index < -0.39 is 20.6 Å². The van der Waals surface area contributed by atoms with Gasteiger partial charge >= 0.3 is 0 Å². The summed E-state index contributed by atoms with van der Waals surface area (Å²) in [5.74, 6) is 1.09. The summed E-state index contributed by atoms with van der Waals surface area (Å²) in [5.41, 5.74) is 1.33. The number of nitro groups is 1. The van der Waals surface area contributed by atoms with E-state index in [1.54, 1.807) is 13.2 Å². The first-order valence-electron chi connectivity index (χ1n) is 7.86. The maximum Gasteiger partial charge on any atom is 0.289 e. The molecule has 0 aromatic heterocycles. The highest BCUT2D eigenvalue weighted by Gasteiger charge is 2.33. The van der Waals surface area contributed by atoms with E-state index in [1.807, 2.05) is 6.07 Å². The molecule has 0 bridgehead atoms. The summed E-state index contributed by atoms with van der Waals surface area (Å²) in [5, 5.41) is 11.2. The van der Waals surface area contributed by atoms with Gasteiger partial charge in [0.15, 0.2) is 16.4 Å². The smallest absolute Gasteiger partial charge is 0.289 e. The molecule has 26 heavy (non-hydrogen) atoms. The number of nitrogens with zero attached hydrogens (tertiary/aromatic N) is 2. The number of hydrogen-bond acceptors (Lipinski definition) is 6. The Kier molecular flexibility index (Phi) is 4.84. The molecule has 2 aromatic carbocycles. The van der Waals surface area contributed by atoms with Crippen molar-refractivity contribution in [2.24, 2.45) is 0 Å². The molecule has 8 nitrogen and oxygen atoms in total. The molecule has 0 saturated carbocycles. The van der Waals surface area contributed by atoms with Crippen LogP contribution in [0.3, 0.4) is 0 Å². The molecule has 0 fully saturated rings. The van der Waals surface area contributed by atoms with E-state index in [9.17, 15) is 18.5 Å². The van der Waals surface area contributed by atoms with E-state index in [-0.39, 0.29) is 18.0 Å². The van der Waals surface area contributed by atoms with Gasteiger partial charge in [-0.05, 0) is 35.7 Å². The normalized spacial score (nSPS) is 14.5. The third kappa shape index (κ3) is 3.11. The Labute approximate surface area is 151 Å². The van der Waals surface area contributed by atoms with Gasteiger partial charge in [0.1, 0.15) is 0 Å². The van der Waals surface area contributed by atoms with Crippen LogP contribution in [0.15, 0.2) is 41.3 Å². The van der Waals surface area contributed by atoms with Crippen LogP contribution in [0.25, 0.3) is 0 Å². The lowest BCUT2D eigenvalue weighted by Crippen LogP contribution is -2.36. The fourth-order valence-electron chi connectivity index (χ4n) is 3.03. The van der Waals surface area contributed by atoms with Gasteiger partial charge in [-0.25, -0.2) is 8.42 Å². The highest BCUT2D eigenvalue weighted by Crippen LogP contribution is 2.35. The van der Waals surface area contributed by atoms with Gasteiger partial charge in [0.25, 0.3) is 5.69 Å². The maximum atomic E-state index is 13.0. The molecule has 0 N–H and O–H groups in total. The second kappa shape index (κ2) is 6.93. The number of fused-ring (bicyclic) bond motifs is 1. The zero-order chi connectivity index (χ0) is 18.9. The first kappa shape index (κ1) is 18.2. The lowest BCUT2D eigenvalue weighted by molar-refractivity contribution is -0.387. The number of ether oxygens (including phenoxy) is 2. The predicted molar refractivity (Wildman–Crippen MR) is 93.9 cm³/mol. The fraction of sp³-hybridized carbons (Fsp3) is 0.294. The van der Waals surface area contributed by atoms with Crippen molar-refractivity contribution >= 4 is 15.7 Å². The summed E-state index contributed by atoms with van der Waals surface area (Å²) in [6.07, 6.45) is 0.482. The first-order chi connectivity index (χ1) is 12.4. The Balaban J connectivity index is 1.99. The van der Waals surface area contributed by atoms with Crippen molar-refractivity contribution in [2.45, 2.75) is 17.9 Å². The predicted octanol–water partition coefficient (Wildman–Crippen LogP) is 2.36. The third-order valence-corrected chi connectivity index (χ3v) is 6.26. The van der Waals surface area contributed by atoms with Crippen LogP contribution in [0.4, 0.5) is 5.69 Å². The van der Waals surface area contributed by atoms with Crippen molar-refractivity contribution in [3.63, 3.8) is 0 Å². The Morgan fingerprint density at radius 3 is 2.31 bits per heavy atom. The Hall–Kier alpha value is -2.65. The lowest BCUT2D eigenvalue weighted by atomic mass is 10.0. The van der Waals surface area contributed by atoms with Gasteiger partial charge in [0, 0.05) is 19.2 Å². The summed E-state index contributed by atoms with van der Waals surface area (Å²) >= 11 is 0. The van der Waals surface area contributed by atoms with Crippen LogP contribution in [-0.4, -0.2) is 38.4 Å². The topological polar surface area (TPSA) is 99.0 Å². The quantitative estimate of drug-likeness (QED) is 0.585. The summed E-state index contributed by atoms with van der Waals surface area (Å²) in [7, 11) is -0.947. The zero-order valence-corrected chi connectivity index (χ0v) is 15.2. The zero-order valence-electron chi connectivity index (χ0n) is 14.3. The Bertz CT molecular complexity index is 958. The van der Waals surface area contributed by atoms with Gasteiger partial charge in [-0.15, -0.1) is 0 Å². The molecular formula is C17H18N2O6S. The number of para-hydroxylation sites is 1. The largest absolute Gasteiger partial charge is 0.493 e. The van der Waals surface area contributed by atoms with Crippen LogP contribution in [0.5, 0.6) is 11.5 Å². The van der Waals surface area contributed by atoms with Crippen LogP contribution in [0.1, 0.15) is 11.1 Å². The van der Waals surface area contributed by atoms with E-state index in [1.165, 1.54) is 35.7 Å². The number of sulfonamides is 1. The van der Waals surface area contributed by atoms with Crippen LogP contribution < -0.4 is 9.47 Å². The molecule has 0 spiro atoms. The molecule has 0 amide bonds. The number of nitro benzene ring substituents is 1. The molecule has 0 saturated heterocycles. The highest BCUT2D eigenvalue weighted by atomic mass is 32.2. The summed E-state index contributed by atoms with van der Waals surface area (Å²) in [6, 6.07) is 8.96. The molecule has 1 aliphatic rings. The molecule has 1 heterocycles. The molecule has 3 rings (SSSR count). The average molecular weight is 378 g/mol. The fourth-order valence-corrected chi connectivity index (χ4v) is 4.60. The number of rotatable bonds is 5. The van der Waals surface area contributed by atoms with E-state index >= 15 is 0 Å². The van der Waals surface area contributed by atoms with E-state index in [0.29, 0.717) is 17.9 Å². The minimum absolute atomic E-state index is 0.115. The van der Waals surface area contributed by atoms with Crippen molar-refractivity contribution in [1.82, 2.24) is 4.31 Å². The molecule has 0 aliphatic carbocycles. The van der Waals surface area contributed by atoms with Gasteiger partial charge in [-0.2, -0.15) is 4.31 Å². The van der Waals surface area contributed by atoms with Gasteiger partial charge in [0.2, 0.25) is 10.0 Å². The summed E-state index contributed by atoms with van der Waals surface area (Å²) < 4.78 is 37.7. The van der Waals surface area contributed by atoms with Crippen LogP contribution in [-0.2, 0) is 23.0 Å². The molecule has 2 aromatic rings.